The summed E-state index contributed by atoms with van der Waals surface area (Å²) in [4.78, 5) is 25.2. The minimum absolute atomic E-state index is 0.155. The third-order valence-corrected chi connectivity index (χ3v) is 6.71. The van der Waals surface area contributed by atoms with Gasteiger partial charge in [0, 0.05) is 38.2 Å². The molecule has 4 rings (SSSR count). The zero-order valence-corrected chi connectivity index (χ0v) is 17.3. The van der Waals surface area contributed by atoms with E-state index in [1.54, 1.807) is 18.4 Å². The van der Waals surface area contributed by atoms with Crippen molar-refractivity contribution in [2.24, 2.45) is 14.1 Å². The maximum Gasteiger partial charge on any atom is 0.330 e. The van der Waals surface area contributed by atoms with Crippen LogP contribution in [-0.2, 0) is 31.1 Å². The molecule has 0 N–H and O–H groups in total. The van der Waals surface area contributed by atoms with Gasteiger partial charge in [0.2, 0.25) is 0 Å². The van der Waals surface area contributed by atoms with Gasteiger partial charge in [-0.05, 0) is 24.3 Å². The van der Waals surface area contributed by atoms with Gasteiger partial charge in [0.1, 0.15) is 0 Å². The molecule has 0 aliphatic carbocycles. The minimum Gasteiger partial charge on any atom is -0.376 e. The van der Waals surface area contributed by atoms with E-state index in [0.29, 0.717) is 18.0 Å². The van der Waals surface area contributed by atoms with Crippen molar-refractivity contribution in [3.63, 3.8) is 0 Å². The summed E-state index contributed by atoms with van der Waals surface area (Å²) in [5.74, 6) is 1.28. The zero-order valence-electron chi connectivity index (χ0n) is 15.7. The largest absolute Gasteiger partial charge is 0.376 e. The van der Waals surface area contributed by atoms with Gasteiger partial charge in [-0.3, -0.25) is 18.5 Å². The van der Waals surface area contributed by atoms with Gasteiger partial charge in [-0.15, -0.1) is 21.5 Å². The molecule has 1 unspecified atom stereocenters. The Morgan fingerprint density at radius 3 is 2.86 bits per heavy atom. The van der Waals surface area contributed by atoms with Gasteiger partial charge in [-0.2, -0.15) is 0 Å². The molecule has 1 atom stereocenters. The first-order chi connectivity index (χ1) is 13.5. The molecular formula is C18H21N5O3S2. The number of thiophene rings is 1. The van der Waals surface area contributed by atoms with Crippen LogP contribution in [0.25, 0.3) is 10.7 Å². The van der Waals surface area contributed by atoms with Crippen molar-refractivity contribution in [2.75, 3.05) is 6.61 Å². The fourth-order valence-electron chi connectivity index (χ4n) is 3.20. The number of rotatable bonds is 6. The predicted molar refractivity (Wildman–Crippen MR) is 109 cm³/mol. The SMILES string of the molecule is Cn1c(CSc2nnc(-c3cccs3)n2CC2CCCO2)cc(=O)n(C)c1=O. The van der Waals surface area contributed by atoms with Crippen LogP contribution in [0, 0.1) is 0 Å². The third-order valence-electron chi connectivity index (χ3n) is 4.84. The number of aromatic nitrogens is 5. The summed E-state index contributed by atoms with van der Waals surface area (Å²) < 4.78 is 10.5. The van der Waals surface area contributed by atoms with E-state index in [1.807, 2.05) is 17.5 Å². The van der Waals surface area contributed by atoms with Crippen LogP contribution in [0.2, 0.25) is 0 Å². The van der Waals surface area contributed by atoms with Crippen molar-refractivity contribution >= 4 is 23.1 Å². The van der Waals surface area contributed by atoms with E-state index in [9.17, 15) is 9.59 Å². The zero-order chi connectivity index (χ0) is 19.7. The first kappa shape index (κ1) is 19.2. The second-order valence-corrected chi connectivity index (χ2v) is 8.58. The number of thioether (sulfide) groups is 1. The van der Waals surface area contributed by atoms with Crippen LogP contribution >= 0.6 is 23.1 Å². The van der Waals surface area contributed by atoms with Crippen molar-refractivity contribution in [3.8, 4) is 10.7 Å². The van der Waals surface area contributed by atoms with Crippen LogP contribution in [0.5, 0.6) is 0 Å². The Balaban J connectivity index is 1.63. The summed E-state index contributed by atoms with van der Waals surface area (Å²) in [6.45, 7) is 1.48. The summed E-state index contributed by atoms with van der Waals surface area (Å²) in [5.41, 5.74) is 0.0180. The summed E-state index contributed by atoms with van der Waals surface area (Å²) in [7, 11) is 3.15. The van der Waals surface area contributed by atoms with Gasteiger partial charge in [-0.1, -0.05) is 17.8 Å². The van der Waals surface area contributed by atoms with Crippen LogP contribution in [0.1, 0.15) is 18.5 Å². The normalized spacial score (nSPS) is 16.7. The van der Waals surface area contributed by atoms with E-state index < -0.39 is 0 Å². The lowest BCUT2D eigenvalue weighted by Crippen LogP contribution is -2.37. The summed E-state index contributed by atoms with van der Waals surface area (Å²) in [6, 6.07) is 5.52. The molecule has 28 heavy (non-hydrogen) atoms. The molecule has 1 saturated heterocycles. The number of hydrogen-bond acceptors (Lipinski definition) is 7. The van der Waals surface area contributed by atoms with Crippen LogP contribution < -0.4 is 11.2 Å². The fraction of sp³-hybridized carbons (Fsp3) is 0.444. The van der Waals surface area contributed by atoms with Crippen molar-refractivity contribution in [1.29, 1.82) is 0 Å². The van der Waals surface area contributed by atoms with Gasteiger partial charge < -0.3 is 4.74 Å². The van der Waals surface area contributed by atoms with Crippen molar-refractivity contribution < 1.29 is 4.74 Å². The molecule has 0 saturated carbocycles. The highest BCUT2D eigenvalue weighted by Crippen LogP contribution is 2.30. The van der Waals surface area contributed by atoms with Gasteiger partial charge in [0.25, 0.3) is 5.56 Å². The monoisotopic (exact) mass is 419 g/mol. The van der Waals surface area contributed by atoms with Crippen molar-refractivity contribution in [1.82, 2.24) is 23.9 Å². The second-order valence-electron chi connectivity index (χ2n) is 6.69. The molecule has 3 aromatic rings. The molecule has 1 fully saturated rings. The molecule has 0 amide bonds. The molecule has 10 heteroatoms. The minimum atomic E-state index is -0.330. The highest BCUT2D eigenvalue weighted by molar-refractivity contribution is 7.98. The van der Waals surface area contributed by atoms with E-state index in [0.717, 1.165) is 39.9 Å². The molecule has 1 aliphatic rings. The number of ether oxygens (including phenoxy) is 1. The third kappa shape index (κ3) is 3.71. The van der Waals surface area contributed by atoms with Crippen molar-refractivity contribution in [3.05, 3.63) is 50.1 Å². The topological polar surface area (TPSA) is 83.9 Å². The van der Waals surface area contributed by atoms with Crippen LogP contribution in [0.15, 0.2) is 38.3 Å². The summed E-state index contributed by atoms with van der Waals surface area (Å²) in [5, 5.41) is 11.5. The fourth-order valence-corrected chi connectivity index (χ4v) is 4.88. The lowest BCUT2D eigenvalue weighted by Gasteiger charge is -2.14. The first-order valence-corrected chi connectivity index (χ1v) is 10.9. The van der Waals surface area contributed by atoms with Crippen LogP contribution in [0.4, 0.5) is 0 Å². The van der Waals surface area contributed by atoms with E-state index >= 15 is 0 Å². The number of hydrogen-bond donors (Lipinski definition) is 0. The van der Waals surface area contributed by atoms with E-state index in [4.69, 9.17) is 4.74 Å². The highest BCUT2D eigenvalue weighted by atomic mass is 32.2. The van der Waals surface area contributed by atoms with Gasteiger partial charge in [0.15, 0.2) is 11.0 Å². The molecule has 0 spiro atoms. The van der Waals surface area contributed by atoms with Crippen LogP contribution in [-0.4, -0.2) is 36.6 Å². The lowest BCUT2D eigenvalue weighted by atomic mass is 10.2. The smallest absolute Gasteiger partial charge is 0.330 e. The maximum absolute atomic E-state index is 12.1. The van der Waals surface area contributed by atoms with Gasteiger partial charge >= 0.3 is 5.69 Å². The predicted octanol–water partition coefficient (Wildman–Crippen LogP) is 1.88. The number of nitrogens with zero attached hydrogens (tertiary/aromatic N) is 5. The lowest BCUT2D eigenvalue weighted by molar-refractivity contribution is 0.0953. The molecule has 8 nitrogen and oxygen atoms in total. The molecule has 0 radical (unpaired) electrons. The average Bonchev–Trinajstić information content (AvgIpc) is 3.44. The average molecular weight is 420 g/mol. The Labute approximate surface area is 169 Å². The Morgan fingerprint density at radius 2 is 2.14 bits per heavy atom. The highest BCUT2D eigenvalue weighted by Gasteiger charge is 2.22. The maximum atomic E-state index is 12.1. The summed E-state index contributed by atoms with van der Waals surface area (Å²) in [6.07, 6.45) is 2.25. The standard InChI is InChI=1S/C18H21N5O3S2/c1-21-12(9-15(24)22(2)18(21)25)11-28-17-20-19-16(14-6-4-8-27-14)23(17)10-13-5-3-7-26-13/h4,6,8-9,13H,3,5,7,10-11H2,1-2H3. The second kappa shape index (κ2) is 8.06. The van der Waals surface area contributed by atoms with Crippen LogP contribution in [0.3, 0.4) is 0 Å². The molecule has 1 aliphatic heterocycles. The van der Waals surface area contributed by atoms with E-state index in [1.165, 1.54) is 29.4 Å². The Bertz CT molecular complexity index is 1080. The first-order valence-electron chi connectivity index (χ1n) is 9.02. The Morgan fingerprint density at radius 1 is 1.29 bits per heavy atom. The van der Waals surface area contributed by atoms with Gasteiger partial charge in [0.05, 0.1) is 17.5 Å². The molecule has 0 aromatic carbocycles. The van der Waals surface area contributed by atoms with E-state index in [-0.39, 0.29) is 17.4 Å². The molecule has 0 bridgehead atoms. The molecule has 3 aromatic heterocycles. The quantitative estimate of drug-likeness (QED) is 0.567. The van der Waals surface area contributed by atoms with Gasteiger partial charge in [-0.25, -0.2) is 4.79 Å². The molecule has 148 valence electrons. The van der Waals surface area contributed by atoms with Crippen molar-refractivity contribution in [2.45, 2.75) is 36.4 Å². The molecule has 4 heterocycles. The Kier molecular flexibility index (Phi) is 5.51. The van der Waals surface area contributed by atoms with E-state index in [2.05, 4.69) is 14.8 Å². The molecular weight excluding hydrogens is 398 g/mol. The Hall–Kier alpha value is -2.17. The summed E-state index contributed by atoms with van der Waals surface area (Å²) >= 11 is 3.09.